The summed E-state index contributed by atoms with van der Waals surface area (Å²) in [4.78, 5) is 0. The van der Waals surface area contributed by atoms with Gasteiger partial charge in [0, 0.05) is 0 Å². The van der Waals surface area contributed by atoms with Crippen molar-refractivity contribution in [2.24, 2.45) is 0 Å². The van der Waals surface area contributed by atoms with Gasteiger partial charge in [-0.3, -0.25) is 0 Å². The Labute approximate surface area is 140 Å². The number of benzene rings is 2. The van der Waals surface area contributed by atoms with Crippen LogP contribution in [-0.2, 0) is 27.4 Å². The molecule has 4 rings (SSSR count). The molecule has 0 aromatic heterocycles. The molecule has 0 saturated heterocycles. The number of rotatable bonds is 2. The van der Waals surface area contributed by atoms with E-state index in [1.165, 1.54) is 16.7 Å². The Morgan fingerprint density at radius 1 is 0.909 bits per heavy atom. The zero-order valence-corrected chi connectivity index (χ0v) is 16.7. The predicted molar refractivity (Wildman–Crippen MR) is 92.7 cm³/mol. The van der Waals surface area contributed by atoms with Gasteiger partial charge < -0.3 is 0 Å². The molecule has 2 aliphatic rings. The molecule has 22 heavy (non-hydrogen) atoms. The molecule has 2 aliphatic carbocycles. The average molecular weight is 451 g/mol. The Kier molecular flexibility index (Phi) is 3.69. The molecular weight excluding hydrogens is 431 g/mol. The molecule has 0 unspecified atom stereocenters. The van der Waals surface area contributed by atoms with E-state index in [4.69, 9.17) is 0 Å². The van der Waals surface area contributed by atoms with Gasteiger partial charge in [-0.25, -0.2) is 0 Å². The number of fused-ring (bicyclic) bond motifs is 3. The van der Waals surface area contributed by atoms with Crippen LogP contribution in [0.1, 0.15) is 25.0 Å². The maximum absolute atomic E-state index is 2.43. The first-order valence-electron chi connectivity index (χ1n) is 7.98. The van der Waals surface area contributed by atoms with E-state index < -0.39 is 21.0 Å². The molecule has 0 radical (unpaired) electrons. The topological polar surface area (TPSA) is 0 Å². The van der Waals surface area contributed by atoms with Crippen molar-refractivity contribution in [1.82, 2.24) is 0 Å². The Bertz CT molecular complexity index is 821. The van der Waals surface area contributed by atoms with Gasteiger partial charge in [0.1, 0.15) is 0 Å². The average Bonchev–Trinajstić information content (AvgIpc) is 3.15. The summed E-state index contributed by atoms with van der Waals surface area (Å²) in [6, 6.07) is 16.0. The fourth-order valence-corrected chi connectivity index (χ4v) is 14.6. The van der Waals surface area contributed by atoms with E-state index >= 15 is 0 Å². The first kappa shape index (κ1) is 14.3. The van der Waals surface area contributed by atoms with Gasteiger partial charge in [0.15, 0.2) is 0 Å². The Hall–Kier alpha value is -1.34. The van der Waals surface area contributed by atoms with Crippen molar-refractivity contribution in [1.29, 1.82) is 0 Å². The molecule has 0 bridgehead atoms. The third kappa shape index (κ3) is 2.27. The van der Waals surface area contributed by atoms with Crippen LogP contribution < -0.4 is 3.32 Å². The van der Waals surface area contributed by atoms with Crippen molar-refractivity contribution in [3.63, 3.8) is 0 Å². The van der Waals surface area contributed by atoms with E-state index in [9.17, 15) is 0 Å². The molecule has 0 nitrogen and oxygen atoms in total. The monoisotopic (exact) mass is 452 g/mol. The van der Waals surface area contributed by atoms with Crippen molar-refractivity contribution in [2.45, 2.75) is 23.9 Å². The third-order valence-electron chi connectivity index (χ3n) is 4.76. The second-order valence-electron chi connectivity index (χ2n) is 6.37. The van der Waals surface area contributed by atoms with E-state index in [1.54, 1.807) is 12.1 Å². The van der Waals surface area contributed by atoms with E-state index in [2.05, 4.69) is 80.6 Å². The first-order chi connectivity index (χ1) is 10.8. The van der Waals surface area contributed by atoms with Crippen LogP contribution in [0, 0.1) is 0 Å². The SMILES string of the molecule is C[C](C)=[Hf]([c]1cccc2c1Cc1ccccc1-2)[CH]1C=CC=C1. The van der Waals surface area contributed by atoms with Crippen molar-refractivity contribution in [2.75, 3.05) is 0 Å². The molecule has 0 fully saturated rings. The normalized spacial score (nSPS) is 15.0. The van der Waals surface area contributed by atoms with Crippen LogP contribution >= 0.6 is 0 Å². The quantitative estimate of drug-likeness (QED) is 0.499. The van der Waals surface area contributed by atoms with Crippen LogP contribution in [0.4, 0.5) is 0 Å². The van der Waals surface area contributed by atoms with Crippen LogP contribution in [0.2, 0.25) is 3.67 Å². The summed E-state index contributed by atoms with van der Waals surface area (Å²) >= 11 is -2.02. The Balaban J connectivity index is 1.90. The van der Waals surface area contributed by atoms with Gasteiger partial charge >= 0.3 is 140 Å². The summed E-state index contributed by atoms with van der Waals surface area (Å²) in [7, 11) is 0. The van der Waals surface area contributed by atoms with Crippen LogP contribution in [0.25, 0.3) is 11.1 Å². The number of hydrogen-bond acceptors (Lipinski definition) is 0. The van der Waals surface area contributed by atoms with Crippen molar-refractivity contribution in [3.05, 3.63) is 77.9 Å². The van der Waals surface area contributed by atoms with E-state index in [1.807, 2.05) is 0 Å². The third-order valence-corrected chi connectivity index (χ3v) is 16.2. The zero-order chi connectivity index (χ0) is 15.1. The van der Waals surface area contributed by atoms with Crippen molar-refractivity contribution >= 4 is 6.58 Å². The predicted octanol–water partition coefficient (Wildman–Crippen LogP) is 4.63. The second-order valence-corrected chi connectivity index (χ2v) is 17.3. The second kappa shape index (κ2) is 5.70. The summed E-state index contributed by atoms with van der Waals surface area (Å²) in [5, 5.41) is 0. The molecule has 1 heteroatoms. The van der Waals surface area contributed by atoms with Crippen LogP contribution in [0.5, 0.6) is 0 Å². The van der Waals surface area contributed by atoms with E-state index in [0.29, 0.717) is 3.67 Å². The van der Waals surface area contributed by atoms with Gasteiger partial charge in [-0.15, -0.1) is 0 Å². The minimum atomic E-state index is -2.02. The molecule has 2 aromatic rings. The van der Waals surface area contributed by atoms with E-state index in [0.717, 1.165) is 6.42 Å². The fraction of sp³-hybridized carbons (Fsp3) is 0.190. The Morgan fingerprint density at radius 3 is 2.41 bits per heavy atom. The summed E-state index contributed by atoms with van der Waals surface area (Å²) in [5.74, 6) is 0. The van der Waals surface area contributed by atoms with Crippen LogP contribution in [-0.4, -0.2) is 3.26 Å². The Morgan fingerprint density at radius 2 is 1.64 bits per heavy atom. The van der Waals surface area contributed by atoms with E-state index in [-0.39, 0.29) is 0 Å². The molecule has 0 spiro atoms. The summed E-state index contributed by atoms with van der Waals surface area (Å²) in [6.07, 6.45) is 10.4. The number of allylic oxidation sites excluding steroid dienone is 4. The van der Waals surface area contributed by atoms with Gasteiger partial charge in [-0.1, -0.05) is 0 Å². The molecule has 108 valence electrons. The van der Waals surface area contributed by atoms with Gasteiger partial charge in [0.2, 0.25) is 0 Å². The summed E-state index contributed by atoms with van der Waals surface area (Å²) in [5.41, 5.74) is 6.07. The number of hydrogen-bond donors (Lipinski definition) is 0. The van der Waals surface area contributed by atoms with Crippen LogP contribution in [0.15, 0.2) is 66.8 Å². The first-order valence-corrected chi connectivity index (χ1v) is 13.7. The fourth-order valence-electron chi connectivity index (χ4n) is 3.82. The molecule has 0 atom stereocenters. The molecule has 0 aliphatic heterocycles. The molecular formula is C21H20Hf. The van der Waals surface area contributed by atoms with Crippen molar-refractivity contribution < 1.29 is 21.0 Å². The molecule has 0 N–H and O–H groups in total. The molecule has 0 heterocycles. The summed E-state index contributed by atoms with van der Waals surface area (Å²) < 4.78 is 4.14. The van der Waals surface area contributed by atoms with Crippen LogP contribution in [0.3, 0.4) is 0 Å². The molecule has 0 amide bonds. The minimum absolute atomic E-state index is 0.713. The van der Waals surface area contributed by atoms with Gasteiger partial charge in [0.05, 0.1) is 0 Å². The standard InChI is InChI=1S/C13H9.C5H5.C3H6.Hf/c1-3-7-12-10(5-1)9-11-6-2-4-8-13(11)12;1-2-4-5-3-1;1-3-2;/h1-5,7-8H,9H2;1-5H;1-2H3;. The van der Waals surface area contributed by atoms with Gasteiger partial charge in [-0.05, 0) is 0 Å². The molecule has 0 saturated carbocycles. The van der Waals surface area contributed by atoms with Crippen molar-refractivity contribution in [3.8, 4) is 11.1 Å². The molecule has 2 aromatic carbocycles. The van der Waals surface area contributed by atoms with Gasteiger partial charge in [0.25, 0.3) is 0 Å². The zero-order valence-electron chi connectivity index (χ0n) is 13.1. The van der Waals surface area contributed by atoms with Gasteiger partial charge in [-0.2, -0.15) is 0 Å². The maximum atomic E-state index is 2.43. The summed E-state index contributed by atoms with van der Waals surface area (Å²) in [6.45, 7) is 4.73.